The highest BCUT2D eigenvalue weighted by atomic mass is 32.1. The Balaban J connectivity index is 1.21. The fourth-order valence-corrected chi connectivity index (χ4v) is 4.42. The van der Waals surface area contributed by atoms with Crippen molar-refractivity contribution in [2.24, 2.45) is 0 Å². The first-order valence-corrected chi connectivity index (χ1v) is 11.7. The second-order valence-corrected chi connectivity index (χ2v) is 8.86. The number of nitrogens with zero attached hydrogens (tertiary/aromatic N) is 4. The lowest BCUT2D eigenvalue weighted by Crippen LogP contribution is -2.50. The van der Waals surface area contributed by atoms with Crippen LogP contribution in [0.1, 0.15) is 0 Å². The van der Waals surface area contributed by atoms with Crippen molar-refractivity contribution in [2.45, 2.75) is 0 Å². The van der Waals surface area contributed by atoms with E-state index in [9.17, 15) is 24.1 Å². The summed E-state index contributed by atoms with van der Waals surface area (Å²) in [5, 5.41) is 18.6. The van der Waals surface area contributed by atoms with E-state index < -0.39 is 10.7 Å². The molecule has 2 heterocycles. The second kappa shape index (κ2) is 11.1. The van der Waals surface area contributed by atoms with Gasteiger partial charge in [-0.05, 0) is 18.2 Å². The summed E-state index contributed by atoms with van der Waals surface area (Å²) in [6.07, 6.45) is 0. The molecule has 4 rings (SSSR count). The van der Waals surface area contributed by atoms with Gasteiger partial charge in [0.25, 0.3) is 5.69 Å². The van der Waals surface area contributed by atoms with Crippen LogP contribution in [0.2, 0.25) is 0 Å². The van der Waals surface area contributed by atoms with Crippen molar-refractivity contribution in [3.05, 3.63) is 69.8 Å². The molecule has 3 aromatic rings. The Labute approximate surface area is 204 Å². The van der Waals surface area contributed by atoms with Gasteiger partial charge in [-0.2, -0.15) is 0 Å². The van der Waals surface area contributed by atoms with Crippen LogP contribution in [0.5, 0.6) is 0 Å². The Morgan fingerprint density at radius 3 is 2.31 bits per heavy atom. The summed E-state index contributed by atoms with van der Waals surface area (Å²) in [5.41, 5.74) is 1.56. The molecule has 12 heteroatoms. The van der Waals surface area contributed by atoms with Crippen molar-refractivity contribution in [3.63, 3.8) is 0 Å². The summed E-state index contributed by atoms with van der Waals surface area (Å²) >= 11 is 1.25. The molecule has 0 spiro atoms. The van der Waals surface area contributed by atoms with Gasteiger partial charge in [-0.25, -0.2) is 9.37 Å². The van der Waals surface area contributed by atoms with Gasteiger partial charge in [0.05, 0.1) is 23.7 Å². The number of rotatable bonds is 8. The summed E-state index contributed by atoms with van der Waals surface area (Å²) < 4.78 is 13.3. The molecule has 0 aliphatic carbocycles. The van der Waals surface area contributed by atoms with Crippen LogP contribution in [0.15, 0.2) is 53.9 Å². The molecule has 10 nitrogen and oxygen atoms in total. The molecule has 1 saturated heterocycles. The highest BCUT2D eigenvalue weighted by Gasteiger charge is 2.21. The molecule has 1 aromatic heterocycles. The number of carbonyl (C=O) groups excluding carboxylic acids is 2. The van der Waals surface area contributed by atoms with E-state index in [0.29, 0.717) is 48.3 Å². The summed E-state index contributed by atoms with van der Waals surface area (Å²) in [6, 6.07) is 11.9. The van der Waals surface area contributed by atoms with Gasteiger partial charge in [-0.3, -0.25) is 29.5 Å². The van der Waals surface area contributed by atoms with Crippen LogP contribution in [0.3, 0.4) is 0 Å². The zero-order valence-electron chi connectivity index (χ0n) is 18.6. The number of benzene rings is 2. The van der Waals surface area contributed by atoms with E-state index in [4.69, 9.17) is 0 Å². The second-order valence-electron chi connectivity index (χ2n) is 8.00. The van der Waals surface area contributed by atoms with Crippen molar-refractivity contribution in [3.8, 4) is 11.3 Å². The molecule has 182 valence electrons. The molecule has 2 aromatic carbocycles. The number of nitro benzene ring substituents is 1. The number of carbonyl (C=O) groups is 2. The standard InChI is InChI=1S/C23H23FN6O4S/c24-17-4-2-5-18(12-17)25-21(31)13-28-7-9-29(10-8-28)14-22(32)27-23-26-20(15-35-23)16-3-1-6-19(11-16)30(33)34/h1-6,11-12,15H,7-10,13-14H2,(H,25,31)(H,26,27,32). The molecule has 0 bridgehead atoms. The minimum Gasteiger partial charge on any atom is -0.325 e. The summed E-state index contributed by atoms with van der Waals surface area (Å²) in [5.74, 6) is -0.833. The lowest BCUT2D eigenvalue weighted by molar-refractivity contribution is -0.384. The quantitative estimate of drug-likeness (QED) is 0.362. The van der Waals surface area contributed by atoms with Gasteiger partial charge in [0.1, 0.15) is 5.82 Å². The first kappa shape index (κ1) is 24.4. The van der Waals surface area contributed by atoms with E-state index in [2.05, 4.69) is 15.6 Å². The number of halogens is 1. The minimum absolute atomic E-state index is 0.0216. The minimum atomic E-state index is -0.463. The third-order valence-electron chi connectivity index (χ3n) is 5.41. The SMILES string of the molecule is O=C(CN1CCN(CC(=O)Nc2nc(-c3cccc([N+](=O)[O-])c3)cs2)CC1)Nc1cccc(F)c1. The van der Waals surface area contributed by atoms with Crippen molar-refractivity contribution >= 4 is 39.7 Å². The Morgan fingerprint density at radius 2 is 1.66 bits per heavy atom. The van der Waals surface area contributed by atoms with E-state index in [-0.39, 0.29) is 30.6 Å². The molecule has 2 N–H and O–H groups in total. The van der Waals surface area contributed by atoms with Gasteiger partial charge >= 0.3 is 0 Å². The first-order valence-electron chi connectivity index (χ1n) is 10.9. The van der Waals surface area contributed by atoms with Crippen molar-refractivity contribution in [2.75, 3.05) is 49.9 Å². The average Bonchev–Trinajstić information content (AvgIpc) is 3.29. The van der Waals surface area contributed by atoms with Gasteiger partial charge in [0, 0.05) is 54.9 Å². The third kappa shape index (κ3) is 6.88. The molecule has 1 aliphatic heterocycles. The lowest BCUT2D eigenvalue weighted by atomic mass is 10.1. The van der Waals surface area contributed by atoms with E-state index in [1.165, 1.54) is 41.7 Å². The smallest absolute Gasteiger partial charge is 0.270 e. The van der Waals surface area contributed by atoms with E-state index in [1.807, 2.05) is 9.80 Å². The summed E-state index contributed by atoms with van der Waals surface area (Å²) in [7, 11) is 0. The van der Waals surface area contributed by atoms with Crippen LogP contribution >= 0.6 is 11.3 Å². The van der Waals surface area contributed by atoms with Gasteiger partial charge in [-0.15, -0.1) is 11.3 Å². The van der Waals surface area contributed by atoms with Crippen LogP contribution in [0, 0.1) is 15.9 Å². The number of amides is 2. The molecule has 0 radical (unpaired) electrons. The zero-order chi connectivity index (χ0) is 24.8. The fraction of sp³-hybridized carbons (Fsp3) is 0.261. The normalized spacial score (nSPS) is 14.4. The van der Waals surface area contributed by atoms with Gasteiger partial charge in [0.15, 0.2) is 5.13 Å². The highest BCUT2D eigenvalue weighted by Crippen LogP contribution is 2.27. The molecule has 0 atom stereocenters. The van der Waals surface area contributed by atoms with Crippen LogP contribution < -0.4 is 10.6 Å². The Bertz CT molecular complexity index is 1230. The topological polar surface area (TPSA) is 121 Å². The number of thiazole rings is 1. The van der Waals surface area contributed by atoms with Gasteiger partial charge < -0.3 is 10.6 Å². The predicted octanol–water partition coefficient (Wildman–Crippen LogP) is 3.05. The average molecular weight is 499 g/mol. The third-order valence-corrected chi connectivity index (χ3v) is 6.17. The van der Waals surface area contributed by atoms with Gasteiger partial charge in [0.2, 0.25) is 11.8 Å². The van der Waals surface area contributed by atoms with E-state index >= 15 is 0 Å². The maximum absolute atomic E-state index is 13.3. The maximum Gasteiger partial charge on any atom is 0.270 e. The molecule has 0 unspecified atom stereocenters. The number of piperazine rings is 1. The number of nitrogens with one attached hydrogen (secondary N) is 2. The largest absolute Gasteiger partial charge is 0.325 e. The van der Waals surface area contributed by atoms with E-state index in [1.54, 1.807) is 23.6 Å². The molecular formula is C23H23FN6O4S. The first-order chi connectivity index (χ1) is 16.9. The Hall–Kier alpha value is -3.74. The lowest BCUT2D eigenvalue weighted by Gasteiger charge is -2.33. The Kier molecular flexibility index (Phi) is 7.75. The molecule has 2 amide bonds. The number of hydrogen-bond acceptors (Lipinski definition) is 8. The van der Waals surface area contributed by atoms with Gasteiger partial charge in [-0.1, -0.05) is 18.2 Å². The van der Waals surface area contributed by atoms with Crippen molar-refractivity contribution < 1.29 is 18.9 Å². The van der Waals surface area contributed by atoms with Crippen LogP contribution in [-0.2, 0) is 9.59 Å². The number of nitro groups is 1. The van der Waals surface area contributed by atoms with Crippen molar-refractivity contribution in [1.29, 1.82) is 0 Å². The van der Waals surface area contributed by atoms with Crippen molar-refractivity contribution in [1.82, 2.24) is 14.8 Å². The monoisotopic (exact) mass is 498 g/mol. The number of aromatic nitrogens is 1. The molecule has 35 heavy (non-hydrogen) atoms. The van der Waals surface area contributed by atoms with Crippen LogP contribution in [-0.4, -0.2) is 70.8 Å². The van der Waals surface area contributed by atoms with E-state index in [0.717, 1.165) is 0 Å². The summed E-state index contributed by atoms with van der Waals surface area (Å²) in [4.78, 5) is 43.5. The maximum atomic E-state index is 13.3. The number of hydrogen-bond donors (Lipinski definition) is 2. The Morgan fingerprint density at radius 1 is 1.00 bits per heavy atom. The van der Waals surface area contributed by atoms with Crippen LogP contribution in [0.25, 0.3) is 11.3 Å². The molecular weight excluding hydrogens is 475 g/mol. The molecule has 1 aliphatic rings. The predicted molar refractivity (Wildman–Crippen MR) is 131 cm³/mol. The number of non-ortho nitro benzene ring substituents is 1. The number of anilines is 2. The highest BCUT2D eigenvalue weighted by molar-refractivity contribution is 7.14. The fourth-order valence-electron chi connectivity index (χ4n) is 3.68. The molecule has 0 saturated carbocycles. The summed E-state index contributed by atoms with van der Waals surface area (Å²) in [6.45, 7) is 2.87. The van der Waals surface area contributed by atoms with Crippen LogP contribution in [0.4, 0.5) is 20.9 Å². The molecule has 1 fully saturated rings. The zero-order valence-corrected chi connectivity index (χ0v) is 19.5.